The molecule has 140 valence electrons. The van der Waals surface area contributed by atoms with Gasteiger partial charge in [0.05, 0.1) is 0 Å². The summed E-state index contributed by atoms with van der Waals surface area (Å²) in [6.45, 7) is 4.30. The van der Waals surface area contributed by atoms with Gasteiger partial charge in [0.15, 0.2) is 0 Å². The van der Waals surface area contributed by atoms with E-state index in [-0.39, 0.29) is 17.7 Å². The maximum atomic E-state index is 12.5. The predicted octanol–water partition coefficient (Wildman–Crippen LogP) is 4.20. The lowest BCUT2D eigenvalue weighted by Crippen LogP contribution is -2.19. The summed E-state index contributed by atoms with van der Waals surface area (Å²) >= 11 is 0. The van der Waals surface area contributed by atoms with E-state index < -0.39 is 0 Å². The molecule has 0 bridgehead atoms. The molecule has 1 heterocycles. The number of carbonyl (C=O) groups is 2. The summed E-state index contributed by atoms with van der Waals surface area (Å²) in [5, 5.41) is 5.85. The normalized spacial score (nSPS) is 16.3. The van der Waals surface area contributed by atoms with Crippen molar-refractivity contribution in [1.29, 1.82) is 0 Å². The highest BCUT2D eigenvalue weighted by Gasteiger charge is 2.29. The summed E-state index contributed by atoms with van der Waals surface area (Å²) in [6.07, 6.45) is 4.44. The van der Waals surface area contributed by atoms with Crippen molar-refractivity contribution in [3.63, 3.8) is 0 Å². The van der Waals surface area contributed by atoms with Crippen molar-refractivity contribution in [3.8, 4) is 0 Å². The maximum Gasteiger partial charge on any atom is 0.255 e. The molecule has 0 atom stereocenters. The van der Waals surface area contributed by atoms with E-state index >= 15 is 0 Å². The molecular weight excluding hydrogens is 338 g/mol. The number of carbonyl (C=O) groups excluding carboxylic acids is 2. The first kappa shape index (κ1) is 17.6. The van der Waals surface area contributed by atoms with E-state index in [4.69, 9.17) is 0 Å². The minimum atomic E-state index is -0.150. The Balaban J connectivity index is 1.39. The van der Waals surface area contributed by atoms with Crippen molar-refractivity contribution in [2.24, 2.45) is 5.92 Å². The zero-order valence-corrected chi connectivity index (χ0v) is 15.6. The number of hydrogen-bond acceptors (Lipinski definition) is 3. The number of nitrogens with one attached hydrogen (secondary N) is 2. The first-order chi connectivity index (χ1) is 13.1. The van der Waals surface area contributed by atoms with Gasteiger partial charge >= 0.3 is 0 Å². The fraction of sp³-hybridized carbons (Fsp3) is 0.364. The van der Waals surface area contributed by atoms with Crippen molar-refractivity contribution in [3.05, 3.63) is 53.6 Å². The van der Waals surface area contributed by atoms with Crippen molar-refractivity contribution in [2.75, 3.05) is 28.6 Å². The van der Waals surface area contributed by atoms with Crippen LogP contribution in [0.5, 0.6) is 0 Å². The largest absolute Gasteiger partial charge is 0.371 e. The van der Waals surface area contributed by atoms with Crippen LogP contribution in [0.3, 0.4) is 0 Å². The Morgan fingerprint density at radius 2 is 1.59 bits per heavy atom. The lowest BCUT2D eigenvalue weighted by atomic mass is 10.1. The number of benzene rings is 2. The summed E-state index contributed by atoms with van der Waals surface area (Å²) < 4.78 is 0. The zero-order chi connectivity index (χ0) is 18.8. The third kappa shape index (κ3) is 4.13. The molecule has 0 unspecified atom stereocenters. The van der Waals surface area contributed by atoms with Crippen LogP contribution >= 0.6 is 0 Å². The Kier molecular flexibility index (Phi) is 4.84. The standard InChI is InChI=1S/C22H25N3O2/c1-15-14-19(10-11-20(15)25-12-2-3-13-25)24-22(27)17-6-8-18(9-7-17)23-21(26)16-4-5-16/h6-11,14,16H,2-5,12-13H2,1H3,(H,23,26)(H,24,27). The van der Waals surface area contributed by atoms with Crippen LogP contribution in [0.1, 0.15) is 41.6 Å². The highest BCUT2D eigenvalue weighted by molar-refractivity contribution is 6.05. The molecule has 2 amide bonds. The van der Waals surface area contributed by atoms with Crippen LogP contribution in [0.25, 0.3) is 0 Å². The van der Waals surface area contributed by atoms with Gasteiger partial charge in [0.2, 0.25) is 5.91 Å². The van der Waals surface area contributed by atoms with Gasteiger partial charge in [-0.05, 0) is 80.6 Å². The van der Waals surface area contributed by atoms with Crippen molar-refractivity contribution in [2.45, 2.75) is 32.6 Å². The van der Waals surface area contributed by atoms with Gasteiger partial charge in [-0.2, -0.15) is 0 Å². The lowest BCUT2D eigenvalue weighted by molar-refractivity contribution is -0.117. The Labute approximate surface area is 159 Å². The van der Waals surface area contributed by atoms with E-state index in [0.717, 1.165) is 37.3 Å². The molecule has 2 aromatic rings. The van der Waals surface area contributed by atoms with Crippen molar-refractivity contribution >= 4 is 28.9 Å². The average molecular weight is 363 g/mol. The van der Waals surface area contributed by atoms with Crippen LogP contribution < -0.4 is 15.5 Å². The van der Waals surface area contributed by atoms with Crippen molar-refractivity contribution in [1.82, 2.24) is 0 Å². The summed E-state index contributed by atoms with van der Waals surface area (Å²) in [6, 6.07) is 13.1. The fourth-order valence-electron chi connectivity index (χ4n) is 3.54. The highest BCUT2D eigenvalue weighted by Crippen LogP contribution is 2.30. The summed E-state index contributed by atoms with van der Waals surface area (Å²) in [5.41, 5.74) is 4.52. The Morgan fingerprint density at radius 1 is 0.926 bits per heavy atom. The predicted molar refractivity (Wildman–Crippen MR) is 108 cm³/mol. The zero-order valence-electron chi connectivity index (χ0n) is 15.6. The lowest BCUT2D eigenvalue weighted by Gasteiger charge is -2.20. The van der Waals surface area contributed by atoms with E-state index in [1.165, 1.54) is 24.1 Å². The molecule has 0 spiro atoms. The fourth-order valence-corrected chi connectivity index (χ4v) is 3.54. The van der Waals surface area contributed by atoms with Crippen LogP contribution in [-0.2, 0) is 4.79 Å². The number of hydrogen-bond donors (Lipinski definition) is 2. The third-order valence-corrected chi connectivity index (χ3v) is 5.26. The van der Waals surface area contributed by atoms with E-state index in [1.54, 1.807) is 24.3 Å². The number of amides is 2. The molecule has 2 aliphatic rings. The van der Waals surface area contributed by atoms with Crippen LogP contribution in [-0.4, -0.2) is 24.9 Å². The van der Waals surface area contributed by atoms with Gasteiger partial charge in [-0.1, -0.05) is 0 Å². The van der Waals surface area contributed by atoms with Crippen LogP contribution in [0.2, 0.25) is 0 Å². The van der Waals surface area contributed by atoms with E-state index in [9.17, 15) is 9.59 Å². The number of rotatable bonds is 5. The molecule has 0 radical (unpaired) electrons. The minimum absolute atomic E-state index is 0.0702. The highest BCUT2D eigenvalue weighted by atomic mass is 16.2. The van der Waals surface area contributed by atoms with Gasteiger partial charge < -0.3 is 15.5 Å². The third-order valence-electron chi connectivity index (χ3n) is 5.26. The van der Waals surface area contributed by atoms with Gasteiger partial charge in [0, 0.05) is 41.6 Å². The summed E-state index contributed by atoms with van der Waals surface area (Å²) in [5.74, 6) is 0.0870. The molecule has 0 aromatic heterocycles. The van der Waals surface area contributed by atoms with E-state index in [0.29, 0.717) is 5.56 Å². The number of anilines is 3. The molecule has 1 saturated heterocycles. The van der Waals surface area contributed by atoms with Gasteiger partial charge in [-0.25, -0.2) is 0 Å². The topological polar surface area (TPSA) is 61.4 Å². The molecule has 5 heteroatoms. The molecule has 2 N–H and O–H groups in total. The first-order valence-corrected chi connectivity index (χ1v) is 9.68. The first-order valence-electron chi connectivity index (χ1n) is 9.68. The number of nitrogens with zero attached hydrogens (tertiary/aromatic N) is 1. The number of aryl methyl sites for hydroxylation is 1. The monoisotopic (exact) mass is 363 g/mol. The Bertz CT molecular complexity index is 850. The SMILES string of the molecule is Cc1cc(NC(=O)c2ccc(NC(=O)C3CC3)cc2)ccc1N1CCCC1. The second-order valence-electron chi connectivity index (χ2n) is 7.49. The molecule has 1 saturated carbocycles. The van der Waals surface area contributed by atoms with Crippen LogP contribution in [0, 0.1) is 12.8 Å². The van der Waals surface area contributed by atoms with Gasteiger partial charge in [-0.15, -0.1) is 0 Å². The molecule has 27 heavy (non-hydrogen) atoms. The van der Waals surface area contributed by atoms with Crippen molar-refractivity contribution < 1.29 is 9.59 Å². The Hall–Kier alpha value is -2.82. The second-order valence-corrected chi connectivity index (χ2v) is 7.49. The van der Waals surface area contributed by atoms with Crippen LogP contribution in [0.15, 0.2) is 42.5 Å². The van der Waals surface area contributed by atoms with E-state index in [1.807, 2.05) is 12.1 Å². The van der Waals surface area contributed by atoms with Gasteiger partial charge in [0.25, 0.3) is 5.91 Å². The smallest absolute Gasteiger partial charge is 0.255 e. The molecule has 1 aliphatic heterocycles. The summed E-state index contributed by atoms with van der Waals surface area (Å²) in [7, 11) is 0. The van der Waals surface area contributed by atoms with Crippen LogP contribution in [0.4, 0.5) is 17.1 Å². The maximum absolute atomic E-state index is 12.5. The minimum Gasteiger partial charge on any atom is -0.371 e. The molecule has 2 aromatic carbocycles. The van der Waals surface area contributed by atoms with E-state index in [2.05, 4.69) is 28.5 Å². The Morgan fingerprint density at radius 3 is 2.22 bits per heavy atom. The average Bonchev–Trinajstić information content (AvgIpc) is 3.38. The van der Waals surface area contributed by atoms with Gasteiger partial charge in [-0.3, -0.25) is 9.59 Å². The molecule has 5 nitrogen and oxygen atoms in total. The molecule has 4 rings (SSSR count). The summed E-state index contributed by atoms with van der Waals surface area (Å²) in [4.78, 5) is 26.7. The quantitative estimate of drug-likeness (QED) is 0.837. The second kappa shape index (κ2) is 7.43. The van der Waals surface area contributed by atoms with Gasteiger partial charge in [0.1, 0.15) is 0 Å². The molecule has 1 aliphatic carbocycles. The molecule has 2 fully saturated rings. The molecular formula is C22H25N3O2.